The monoisotopic (exact) mass is 517 g/mol. The molecule has 0 aliphatic heterocycles. The Balaban J connectivity index is 1.75. The van der Waals surface area contributed by atoms with Crippen molar-refractivity contribution < 1.29 is 34.2 Å². The molecule has 0 amide bonds. The number of aromatic nitrogens is 6. The van der Waals surface area contributed by atoms with Crippen LogP contribution in [-0.2, 0) is 10.0 Å². The van der Waals surface area contributed by atoms with Gasteiger partial charge in [0.1, 0.15) is 17.1 Å². The Morgan fingerprint density at radius 3 is 2.44 bits per heavy atom. The Morgan fingerprint density at radius 1 is 1.21 bits per heavy atom. The number of ether oxygens (including phenoxy) is 3. The summed E-state index contributed by atoms with van der Waals surface area (Å²) < 4.78 is 83.7. The van der Waals surface area contributed by atoms with Gasteiger partial charge in [-0.2, -0.15) is 20.2 Å². The average molecular weight is 518 g/mol. The molecule has 0 saturated heterocycles. The van der Waals surface area contributed by atoms with Crippen molar-refractivity contribution in [1.82, 2.24) is 29.9 Å². The highest BCUT2D eigenvalue weighted by Crippen LogP contribution is 2.37. The summed E-state index contributed by atoms with van der Waals surface area (Å²) in [5.41, 5.74) is 0.642. The number of hydrogen-bond donors (Lipinski definition) is 2. The Labute approximate surface area is 198 Å². The molecular formula is C18H16ClF2N7O5S. The lowest BCUT2D eigenvalue weighted by Crippen LogP contribution is -2.16. The fourth-order valence-electron chi connectivity index (χ4n) is 2.98. The molecule has 0 aliphatic rings. The van der Waals surface area contributed by atoms with Gasteiger partial charge in [0.25, 0.3) is 28.2 Å². The average Bonchev–Trinajstić information content (AvgIpc) is 3.49. The normalized spacial score (nSPS) is 13.0. The minimum atomic E-state index is -4.35. The molecule has 0 unspecified atom stereocenters. The molecule has 0 aliphatic carbocycles. The van der Waals surface area contributed by atoms with E-state index >= 15 is 0 Å². The van der Waals surface area contributed by atoms with Crippen LogP contribution in [0.15, 0.2) is 35.6 Å². The Bertz CT molecular complexity index is 1490. The van der Waals surface area contributed by atoms with E-state index in [0.717, 1.165) is 14.2 Å². The molecule has 0 atom stereocenters. The highest BCUT2D eigenvalue weighted by molar-refractivity contribution is 7.93. The Kier molecular flexibility index (Phi) is 5.68. The van der Waals surface area contributed by atoms with Crippen LogP contribution in [0.3, 0.4) is 0 Å². The molecule has 0 fully saturated rings. The van der Waals surface area contributed by atoms with Gasteiger partial charge in [0.15, 0.2) is 0 Å². The smallest absolute Gasteiger partial charge is 0.272 e. The number of H-pyrrole nitrogens is 1. The lowest BCUT2D eigenvalue weighted by molar-refractivity contribution is 0.0781. The highest BCUT2D eigenvalue weighted by atomic mass is 35.5. The molecule has 180 valence electrons. The fraction of sp³-hybridized carbons (Fsp3) is 0.222. The van der Waals surface area contributed by atoms with Gasteiger partial charge in [-0.15, -0.1) is 4.80 Å². The van der Waals surface area contributed by atoms with Crippen molar-refractivity contribution in [2.75, 3.05) is 25.5 Å². The van der Waals surface area contributed by atoms with Crippen LogP contribution in [-0.4, -0.2) is 65.6 Å². The predicted molar refractivity (Wildman–Crippen MR) is 116 cm³/mol. The third-order valence-electron chi connectivity index (χ3n) is 4.32. The van der Waals surface area contributed by atoms with E-state index in [1.54, 1.807) is 0 Å². The van der Waals surface area contributed by atoms with Crippen LogP contribution in [0.4, 0.5) is 14.7 Å². The molecule has 4 aromatic rings. The number of hydrogen-bond acceptors (Lipinski definition) is 9. The summed E-state index contributed by atoms with van der Waals surface area (Å²) in [6.07, 6.45) is 0.535. The molecule has 2 N–H and O–H groups in total. The number of halogens is 3. The van der Waals surface area contributed by atoms with Crippen molar-refractivity contribution in [2.45, 2.75) is 11.3 Å². The van der Waals surface area contributed by atoms with Crippen molar-refractivity contribution in [3.8, 4) is 23.2 Å². The maximum atomic E-state index is 13.2. The van der Waals surface area contributed by atoms with Crippen molar-refractivity contribution in [3.05, 3.63) is 35.7 Å². The number of benzene rings is 1. The maximum absolute atomic E-state index is 13.2. The van der Waals surface area contributed by atoms with E-state index in [1.807, 2.05) is 0 Å². The van der Waals surface area contributed by atoms with Crippen LogP contribution in [0.5, 0.6) is 17.5 Å². The summed E-state index contributed by atoms with van der Waals surface area (Å²) in [5, 5.41) is 8.54. The largest absolute Gasteiger partial charge is 0.478 e. The number of aromatic amines is 1. The van der Waals surface area contributed by atoms with E-state index in [9.17, 15) is 17.2 Å². The molecule has 0 spiro atoms. The van der Waals surface area contributed by atoms with Gasteiger partial charge in [-0.1, -0.05) is 11.6 Å². The van der Waals surface area contributed by atoms with Crippen LogP contribution in [0, 0.1) is 0 Å². The number of rotatable bonds is 9. The van der Waals surface area contributed by atoms with Crippen molar-refractivity contribution in [1.29, 1.82) is 0 Å². The zero-order chi connectivity index (χ0) is 26.3. The van der Waals surface area contributed by atoms with Gasteiger partial charge in [-0.3, -0.25) is 0 Å². The van der Waals surface area contributed by atoms with Crippen LogP contribution < -0.4 is 18.9 Å². The first-order chi connectivity index (χ1) is 17.0. The summed E-state index contributed by atoms with van der Waals surface area (Å²) in [6, 6.07) is 2.95. The van der Waals surface area contributed by atoms with Crippen molar-refractivity contribution in [2.24, 2.45) is 0 Å². The molecule has 0 radical (unpaired) electrons. The second-order valence-corrected chi connectivity index (χ2v) is 8.37. The topological polar surface area (TPSA) is 146 Å². The van der Waals surface area contributed by atoms with Gasteiger partial charge in [-0.25, -0.2) is 21.9 Å². The molecule has 4 rings (SSSR count). The maximum Gasteiger partial charge on any atom is 0.272 e. The predicted octanol–water partition coefficient (Wildman–Crippen LogP) is 2.65. The number of nitrogens with zero attached hydrogens (tertiary/aromatic N) is 5. The third-order valence-corrected chi connectivity index (χ3v) is 5.99. The summed E-state index contributed by atoms with van der Waals surface area (Å²) in [4.78, 5) is 11.4. The second kappa shape index (κ2) is 9.26. The van der Waals surface area contributed by atoms with E-state index in [-0.39, 0.29) is 15.3 Å². The fourth-order valence-corrected chi connectivity index (χ4v) is 4.33. The first-order valence-corrected chi connectivity index (χ1v) is 11.0. The molecule has 12 nitrogen and oxygen atoms in total. The van der Waals surface area contributed by atoms with Gasteiger partial charge in [0, 0.05) is 11.6 Å². The Morgan fingerprint density at radius 2 is 1.85 bits per heavy atom. The van der Waals surface area contributed by atoms with Gasteiger partial charge in [0.05, 0.1) is 39.9 Å². The number of fused-ring (bicyclic) bond motifs is 1. The standard InChI is InChI=1S/C18H16ClF2N7O5S/c1-31-16-15(33-8-12(20)21)17(32-2)26-18(25-16)27-34(29,30)11-7-22-13-9(11)3-4-10(19)14(13)28-23-5-6-24-28/h3-7,12,22H,8H2,1-2H3,(H,25,26,27)/i8D2. The SMILES string of the molecule is [2H]C([2H])(Oc1c(OC)nc(NS(=O)(=O)c2c[nH]c3c(-n4nccn4)c(Cl)ccc23)nc1OC)C(F)F. The van der Waals surface area contributed by atoms with Crippen molar-refractivity contribution >= 4 is 38.5 Å². The summed E-state index contributed by atoms with van der Waals surface area (Å²) in [6.45, 7) is -3.43. The van der Waals surface area contributed by atoms with E-state index in [0.29, 0.717) is 11.2 Å². The van der Waals surface area contributed by atoms with Crippen LogP contribution in [0.2, 0.25) is 5.02 Å². The minimum absolute atomic E-state index is 0.210. The van der Waals surface area contributed by atoms with E-state index in [2.05, 4.69) is 34.6 Å². The number of nitrogens with one attached hydrogen (secondary N) is 2. The first-order valence-electron chi connectivity index (χ1n) is 10.1. The third kappa shape index (κ3) is 4.38. The summed E-state index contributed by atoms with van der Waals surface area (Å²) in [5.74, 6) is -2.36. The molecular weight excluding hydrogens is 500 g/mol. The van der Waals surface area contributed by atoms with Gasteiger partial charge < -0.3 is 19.2 Å². The van der Waals surface area contributed by atoms with Gasteiger partial charge >= 0.3 is 0 Å². The molecule has 3 aromatic heterocycles. The van der Waals surface area contributed by atoms with Gasteiger partial charge in [0.2, 0.25) is 11.7 Å². The number of sulfonamides is 1. The van der Waals surface area contributed by atoms with Gasteiger partial charge in [-0.05, 0) is 12.1 Å². The molecule has 34 heavy (non-hydrogen) atoms. The lowest BCUT2D eigenvalue weighted by atomic mass is 10.2. The number of alkyl halides is 2. The zero-order valence-corrected chi connectivity index (χ0v) is 18.9. The van der Waals surface area contributed by atoms with Crippen LogP contribution in [0.1, 0.15) is 2.74 Å². The molecule has 16 heteroatoms. The van der Waals surface area contributed by atoms with E-state index in [4.69, 9.17) is 23.8 Å². The molecule has 0 bridgehead atoms. The zero-order valence-electron chi connectivity index (χ0n) is 19.3. The van der Waals surface area contributed by atoms with Crippen LogP contribution >= 0.6 is 11.6 Å². The number of methoxy groups -OCH3 is 2. The lowest BCUT2D eigenvalue weighted by Gasteiger charge is -2.14. The van der Waals surface area contributed by atoms with E-state index in [1.165, 1.54) is 35.5 Å². The quantitative estimate of drug-likeness (QED) is 0.342. The minimum Gasteiger partial charge on any atom is -0.478 e. The second-order valence-electron chi connectivity index (χ2n) is 6.31. The van der Waals surface area contributed by atoms with E-state index < -0.39 is 46.5 Å². The Hall–Kier alpha value is -3.72. The van der Waals surface area contributed by atoms with Crippen LogP contribution in [0.25, 0.3) is 16.6 Å². The first kappa shape index (κ1) is 20.9. The summed E-state index contributed by atoms with van der Waals surface area (Å²) in [7, 11) is -2.19. The van der Waals surface area contributed by atoms with Crippen molar-refractivity contribution in [3.63, 3.8) is 0 Å². The molecule has 0 saturated carbocycles. The highest BCUT2D eigenvalue weighted by Gasteiger charge is 2.26. The summed E-state index contributed by atoms with van der Waals surface area (Å²) >= 11 is 6.28. The molecule has 3 heterocycles. The number of anilines is 1. The molecule has 1 aromatic carbocycles.